The molecule has 2 heterocycles. The number of thioether (sulfide) groups is 1. The van der Waals surface area contributed by atoms with Crippen LogP contribution in [-0.4, -0.2) is 28.8 Å². The summed E-state index contributed by atoms with van der Waals surface area (Å²) in [5.41, 5.74) is 0.503. The van der Waals surface area contributed by atoms with Crippen molar-refractivity contribution in [2.75, 3.05) is 12.8 Å². The van der Waals surface area contributed by atoms with Gasteiger partial charge in [-0.2, -0.15) is 0 Å². The third-order valence-corrected chi connectivity index (χ3v) is 3.47. The van der Waals surface area contributed by atoms with Gasteiger partial charge in [0.05, 0.1) is 12.1 Å². The Morgan fingerprint density at radius 1 is 1.50 bits per heavy atom. The van der Waals surface area contributed by atoms with Crippen LogP contribution in [0.5, 0.6) is 0 Å². The number of aliphatic hydroxyl groups excluding tert-OH is 1. The summed E-state index contributed by atoms with van der Waals surface area (Å²) in [5, 5.41) is 13.3. The molecule has 0 fully saturated rings. The fourth-order valence-electron chi connectivity index (χ4n) is 1.74. The van der Waals surface area contributed by atoms with E-state index in [0.29, 0.717) is 16.3 Å². The average molecular weight is 292 g/mol. The molecule has 0 radical (unpaired) electrons. The maximum Gasteiger partial charge on any atom is 0.254 e. The van der Waals surface area contributed by atoms with E-state index in [4.69, 9.17) is 4.42 Å². The summed E-state index contributed by atoms with van der Waals surface area (Å²) in [7, 11) is 0. The molecule has 20 heavy (non-hydrogen) atoms. The van der Waals surface area contributed by atoms with Crippen molar-refractivity contribution in [3.8, 4) is 0 Å². The number of nitrogens with zero attached hydrogens (tertiary/aromatic N) is 1. The largest absolute Gasteiger partial charge is 0.464 e. The van der Waals surface area contributed by atoms with Crippen molar-refractivity contribution in [2.24, 2.45) is 0 Å². The second-order valence-electron chi connectivity index (χ2n) is 4.23. The Bertz CT molecular complexity index is 598. The van der Waals surface area contributed by atoms with Crippen LogP contribution in [0.1, 0.15) is 28.0 Å². The topological polar surface area (TPSA) is 75.4 Å². The molecule has 2 aromatic rings. The van der Waals surface area contributed by atoms with Gasteiger partial charge >= 0.3 is 0 Å². The zero-order chi connectivity index (χ0) is 14.5. The Labute approximate surface area is 121 Å². The van der Waals surface area contributed by atoms with Gasteiger partial charge in [-0.3, -0.25) is 4.79 Å². The van der Waals surface area contributed by atoms with Crippen LogP contribution in [0.3, 0.4) is 0 Å². The van der Waals surface area contributed by atoms with E-state index in [1.807, 2.05) is 6.26 Å². The summed E-state index contributed by atoms with van der Waals surface area (Å²) in [6.07, 6.45) is 2.64. The lowest BCUT2D eigenvalue weighted by molar-refractivity contribution is 0.0897. The molecular formula is C14H16N2O3S. The molecule has 0 aliphatic carbocycles. The fourth-order valence-corrected chi connectivity index (χ4v) is 2.29. The van der Waals surface area contributed by atoms with Gasteiger partial charge in [-0.1, -0.05) is 0 Å². The van der Waals surface area contributed by atoms with E-state index in [1.54, 1.807) is 37.4 Å². The highest BCUT2D eigenvalue weighted by atomic mass is 32.2. The van der Waals surface area contributed by atoms with Crippen LogP contribution >= 0.6 is 11.8 Å². The van der Waals surface area contributed by atoms with Crippen molar-refractivity contribution in [1.82, 2.24) is 10.3 Å². The molecule has 0 saturated heterocycles. The Morgan fingerprint density at radius 2 is 2.30 bits per heavy atom. The van der Waals surface area contributed by atoms with Gasteiger partial charge in [0.2, 0.25) is 0 Å². The highest BCUT2D eigenvalue weighted by Gasteiger charge is 2.15. The molecule has 0 aliphatic heterocycles. The number of hydrogen-bond donors (Lipinski definition) is 2. The molecule has 6 heteroatoms. The zero-order valence-electron chi connectivity index (χ0n) is 11.3. The van der Waals surface area contributed by atoms with Gasteiger partial charge in [0.1, 0.15) is 22.7 Å². The van der Waals surface area contributed by atoms with Crippen molar-refractivity contribution in [1.29, 1.82) is 0 Å². The SMILES string of the molecule is CSc1ncccc1C(=O)NCC(O)c1ccc(C)o1. The standard InChI is InChI=1S/C14H16N2O3S/c1-9-5-6-12(19-9)11(17)8-16-13(18)10-4-3-7-15-14(10)20-2/h3-7,11,17H,8H2,1-2H3,(H,16,18). The second kappa shape index (κ2) is 6.58. The number of furan rings is 1. The first-order valence-electron chi connectivity index (χ1n) is 6.13. The minimum Gasteiger partial charge on any atom is -0.464 e. The maximum absolute atomic E-state index is 12.1. The highest BCUT2D eigenvalue weighted by Crippen LogP contribution is 2.18. The first-order chi connectivity index (χ1) is 9.61. The third kappa shape index (κ3) is 3.40. The molecule has 0 aliphatic rings. The number of amides is 1. The van der Waals surface area contributed by atoms with Crippen molar-refractivity contribution in [2.45, 2.75) is 18.1 Å². The average Bonchev–Trinajstić information content (AvgIpc) is 2.91. The van der Waals surface area contributed by atoms with Crippen LogP contribution in [0.2, 0.25) is 0 Å². The Hall–Kier alpha value is -1.79. The van der Waals surface area contributed by atoms with Crippen LogP contribution in [0.4, 0.5) is 0 Å². The summed E-state index contributed by atoms with van der Waals surface area (Å²) in [6.45, 7) is 1.89. The van der Waals surface area contributed by atoms with E-state index in [2.05, 4.69) is 10.3 Å². The molecule has 1 atom stereocenters. The lowest BCUT2D eigenvalue weighted by Gasteiger charge is -2.11. The summed E-state index contributed by atoms with van der Waals surface area (Å²) in [5.74, 6) is 0.908. The summed E-state index contributed by atoms with van der Waals surface area (Å²) in [6, 6.07) is 6.88. The van der Waals surface area contributed by atoms with Crippen LogP contribution in [0.15, 0.2) is 39.9 Å². The van der Waals surface area contributed by atoms with Gasteiger partial charge in [-0.25, -0.2) is 4.98 Å². The molecule has 2 N–H and O–H groups in total. The molecule has 1 amide bonds. The highest BCUT2D eigenvalue weighted by molar-refractivity contribution is 7.98. The van der Waals surface area contributed by atoms with Gasteiger partial charge in [-0.05, 0) is 37.4 Å². The van der Waals surface area contributed by atoms with E-state index in [1.165, 1.54) is 11.8 Å². The van der Waals surface area contributed by atoms with Crippen LogP contribution in [-0.2, 0) is 0 Å². The van der Waals surface area contributed by atoms with E-state index < -0.39 is 6.10 Å². The normalized spacial score (nSPS) is 12.2. The number of nitrogens with one attached hydrogen (secondary N) is 1. The van der Waals surface area contributed by atoms with Gasteiger partial charge in [0.25, 0.3) is 5.91 Å². The lowest BCUT2D eigenvalue weighted by Crippen LogP contribution is -2.28. The van der Waals surface area contributed by atoms with Crippen molar-refractivity contribution in [3.05, 3.63) is 47.5 Å². The number of aromatic nitrogens is 1. The molecule has 0 bridgehead atoms. The first-order valence-corrected chi connectivity index (χ1v) is 7.36. The molecule has 0 spiro atoms. The van der Waals surface area contributed by atoms with Gasteiger partial charge in [-0.15, -0.1) is 11.8 Å². The number of aliphatic hydroxyl groups is 1. The molecule has 2 rings (SSSR count). The van der Waals surface area contributed by atoms with E-state index in [9.17, 15) is 9.90 Å². The number of rotatable bonds is 5. The minimum atomic E-state index is -0.859. The molecule has 5 nitrogen and oxygen atoms in total. The van der Waals surface area contributed by atoms with Crippen molar-refractivity contribution < 1.29 is 14.3 Å². The number of hydrogen-bond acceptors (Lipinski definition) is 5. The monoisotopic (exact) mass is 292 g/mol. The van der Waals surface area contributed by atoms with Gasteiger partial charge in [0.15, 0.2) is 0 Å². The summed E-state index contributed by atoms with van der Waals surface area (Å²) >= 11 is 1.40. The molecule has 2 aromatic heterocycles. The Kier molecular flexibility index (Phi) is 4.81. The zero-order valence-corrected chi connectivity index (χ0v) is 12.1. The molecular weight excluding hydrogens is 276 g/mol. The molecule has 0 saturated carbocycles. The predicted octanol–water partition coefficient (Wildman–Crippen LogP) is 2.17. The van der Waals surface area contributed by atoms with Crippen molar-refractivity contribution >= 4 is 17.7 Å². The maximum atomic E-state index is 12.1. The Balaban J connectivity index is 1.98. The quantitative estimate of drug-likeness (QED) is 0.826. The van der Waals surface area contributed by atoms with Crippen LogP contribution in [0.25, 0.3) is 0 Å². The van der Waals surface area contributed by atoms with Crippen LogP contribution < -0.4 is 5.32 Å². The second-order valence-corrected chi connectivity index (χ2v) is 5.03. The fraction of sp³-hybridized carbons (Fsp3) is 0.286. The Morgan fingerprint density at radius 3 is 2.95 bits per heavy atom. The third-order valence-electron chi connectivity index (χ3n) is 2.75. The predicted molar refractivity (Wildman–Crippen MR) is 76.8 cm³/mol. The molecule has 1 unspecified atom stereocenters. The summed E-state index contributed by atoms with van der Waals surface area (Å²) in [4.78, 5) is 16.2. The van der Waals surface area contributed by atoms with Gasteiger partial charge in [0, 0.05) is 6.20 Å². The van der Waals surface area contributed by atoms with E-state index >= 15 is 0 Å². The van der Waals surface area contributed by atoms with Crippen LogP contribution in [0, 0.1) is 6.92 Å². The first kappa shape index (κ1) is 14.6. The number of carbonyl (C=O) groups excluding carboxylic acids is 1. The lowest BCUT2D eigenvalue weighted by atomic mass is 10.2. The number of pyridine rings is 1. The minimum absolute atomic E-state index is 0.0918. The van der Waals surface area contributed by atoms with Gasteiger partial charge < -0.3 is 14.8 Å². The number of aryl methyl sites for hydroxylation is 1. The number of carbonyl (C=O) groups is 1. The molecule has 0 aromatic carbocycles. The van der Waals surface area contributed by atoms with Crippen molar-refractivity contribution in [3.63, 3.8) is 0 Å². The molecule has 106 valence electrons. The smallest absolute Gasteiger partial charge is 0.254 e. The van der Waals surface area contributed by atoms with E-state index in [0.717, 1.165) is 5.76 Å². The summed E-state index contributed by atoms with van der Waals surface area (Å²) < 4.78 is 5.31. The van der Waals surface area contributed by atoms with E-state index in [-0.39, 0.29) is 12.5 Å².